The lowest BCUT2D eigenvalue weighted by atomic mass is 9.90. The molecule has 1 rings (SSSR count). The molecule has 8 heteroatoms. The second-order valence-electron chi connectivity index (χ2n) is 6.23. The van der Waals surface area contributed by atoms with Crippen LogP contribution in [0.3, 0.4) is 0 Å². The van der Waals surface area contributed by atoms with Crippen LogP contribution in [0, 0.1) is 5.92 Å². The number of carbonyl (C=O) groups is 1. The first-order valence-electron chi connectivity index (χ1n) is 7.06. The largest absolute Gasteiger partial charge is 0.444 e. The number of ether oxygens (including phenoxy) is 2. The number of rotatable bonds is 5. The van der Waals surface area contributed by atoms with Crippen LogP contribution in [-0.2, 0) is 18.5 Å². The van der Waals surface area contributed by atoms with Gasteiger partial charge in [0.2, 0.25) is 9.05 Å². The van der Waals surface area contributed by atoms with Gasteiger partial charge in [-0.05, 0) is 46.0 Å². The minimum atomic E-state index is -3.58. The summed E-state index contributed by atoms with van der Waals surface area (Å²) in [7, 11) is 1.68. The molecule has 1 fully saturated rings. The van der Waals surface area contributed by atoms with Gasteiger partial charge in [-0.25, -0.2) is 13.2 Å². The van der Waals surface area contributed by atoms with Crippen LogP contribution in [-0.4, -0.2) is 45.1 Å². The Morgan fingerprint density at radius 2 is 1.95 bits per heavy atom. The number of hydrogen-bond acceptors (Lipinski definition) is 5. The van der Waals surface area contributed by atoms with Crippen molar-refractivity contribution >= 4 is 25.8 Å². The van der Waals surface area contributed by atoms with E-state index in [1.807, 2.05) is 0 Å². The quantitative estimate of drug-likeness (QED) is 0.776. The molecule has 0 aromatic rings. The third kappa shape index (κ3) is 8.48. The molecule has 1 amide bonds. The van der Waals surface area contributed by atoms with Crippen molar-refractivity contribution in [3.8, 4) is 0 Å². The Balaban J connectivity index is 2.64. The summed E-state index contributed by atoms with van der Waals surface area (Å²) in [6.07, 6.45) is 1.30. The van der Waals surface area contributed by atoms with E-state index in [1.165, 1.54) is 0 Å². The van der Waals surface area contributed by atoms with Crippen LogP contribution in [0.1, 0.15) is 40.0 Å². The molecule has 0 radical (unpaired) electrons. The van der Waals surface area contributed by atoms with E-state index in [0.717, 1.165) is 12.8 Å². The third-order valence-electron chi connectivity index (χ3n) is 3.21. The molecule has 0 saturated carbocycles. The van der Waals surface area contributed by atoms with E-state index in [1.54, 1.807) is 20.8 Å². The number of alkyl carbamates (subject to hydrolysis) is 1. The van der Waals surface area contributed by atoms with Gasteiger partial charge in [-0.1, -0.05) is 0 Å². The molecular formula is C13H24ClNO5S. The smallest absolute Gasteiger partial charge is 0.407 e. The highest BCUT2D eigenvalue weighted by Gasteiger charge is 2.28. The second-order valence-corrected chi connectivity index (χ2v) is 9.13. The number of halogens is 1. The summed E-state index contributed by atoms with van der Waals surface area (Å²) >= 11 is 0. The Kier molecular flexibility index (Phi) is 6.74. The maximum atomic E-state index is 11.9. The summed E-state index contributed by atoms with van der Waals surface area (Å²) in [6, 6.07) is -0.280. The Morgan fingerprint density at radius 1 is 1.38 bits per heavy atom. The Bertz CT molecular complexity index is 440. The highest BCUT2D eigenvalue weighted by Crippen LogP contribution is 2.22. The summed E-state index contributed by atoms with van der Waals surface area (Å²) in [5.74, 6) is -0.00322. The van der Waals surface area contributed by atoms with Gasteiger partial charge in [0.25, 0.3) is 0 Å². The average molecular weight is 342 g/mol. The highest BCUT2D eigenvalue weighted by molar-refractivity contribution is 8.13. The van der Waals surface area contributed by atoms with Gasteiger partial charge in [0.1, 0.15) is 5.60 Å². The lowest BCUT2D eigenvalue weighted by molar-refractivity contribution is 0.0348. The fourth-order valence-corrected chi connectivity index (χ4v) is 3.07. The molecule has 0 bridgehead atoms. The highest BCUT2D eigenvalue weighted by atomic mass is 35.7. The predicted octanol–water partition coefficient (Wildman–Crippen LogP) is 2.27. The first-order valence-corrected chi connectivity index (χ1v) is 9.54. The van der Waals surface area contributed by atoms with Gasteiger partial charge in [-0.3, -0.25) is 0 Å². The topological polar surface area (TPSA) is 81.7 Å². The van der Waals surface area contributed by atoms with Gasteiger partial charge < -0.3 is 14.8 Å². The fraction of sp³-hybridized carbons (Fsp3) is 0.923. The van der Waals surface area contributed by atoms with E-state index in [4.69, 9.17) is 20.2 Å². The standard InChI is InChI=1S/C13H24ClNO5S/c1-13(2,3)20-12(16)15-11(6-9-21(14,17)18)10-4-7-19-8-5-10/h10-11H,4-9H2,1-3H3,(H,15,16). The van der Waals surface area contributed by atoms with Gasteiger partial charge in [-0.15, -0.1) is 0 Å². The molecule has 1 aliphatic rings. The van der Waals surface area contributed by atoms with Crippen molar-refractivity contribution in [1.82, 2.24) is 5.32 Å². The summed E-state index contributed by atoms with van der Waals surface area (Å²) < 4.78 is 32.8. The van der Waals surface area contributed by atoms with Gasteiger partial charge in [0.05, 0.1) is 5.75 Å². The molecule has 1 aliphatic heterocycles. The lowest BCUT2D eigenvalue weighted by Crippen LogP contribution is -2.45. The maximum Gasteiger partial charge on any atom is 0.407 e. The predicted molar refractivity (Wildman–Crippen MR) is 81.0 cm³/mol. The molecule has 1 heterocycles. The van der Waals surface area contributed by atoms with Crippen LogP contribution in [0.25, 0.3) is 0 Å². The molecule has 124 valence electrons. The van der Waals surface area contributed by atoms with Crippen molar-refractivity contribution in [3.05, 3.63) is 0 Å². The second kappa shape index (κ2) is 7.65. The molecule has 0 aromatic heterocycles. The van der Waals surface area contributed by atoms with Gasteiger partial charge in [0, 0.05) is 29.9 Å². The van der Waals surface area contributed by atoms with Crippen molar-refractivity contribution < 1.29 is 22.7 Å². The number of hydrogen-bond donors (Lipinski definition) is 1. The first-order chi connectivity index (χ1) is 9.57. The molecule has 6 nitrogen and oxygen atoms in total. The molecule has 1 saturated heterocycles. The maximum absolute atomic E-state index is 11.9. The monoisotopic (exact) mass is 341 g/mol. The minimum absolute atomic E-state index is 0.171. The van der Waals surface area contributed by atoms with Gasteiger partial charge in [0.15, 0.2) is 0 Å². The lowest BCUT2D eigenvalue weighted by Gasteiger charge is -2.31. The van der Waals surface area contributed by atoms with E-state index in [9.17, 15) is 13.2 Å². The zero-order chi connectivity index (χ0) is 16.1. The van der Waals surface area contributed by atoms with Crippen LogP contribution < -0.4 is 5.32 Å². The number of amides is 1. The SMILES string of the molecule is CC(C)(C)OC(=O)NC(CCS(=O)(=O)Cl)C1CCOCC1. The van der Waals surface area contributed by atoms with Crippen LogP contribution in [0.5, 0.6) is 0 Å². The zero-order valence-electron chi connectivity index (χ0n) is 12.7. The van der Waals surface area contributed by atoms with E-state index in [0.29, 0.717) is 13.2 Å². The molecule has 0 aliphatic carbocycles. The summed E-state index contributed by atoms with van der Waals surface area (Å²) in [4.78, 5) is 11.9. The van der Waals surface area contributed by atoms with Crippen LogP contribution in [0.4, 0.5) is 4.79 Å². The van der Waals surface area contributed by atoms with Crippen molar-refractivity contribution in [2.75, 3.05) is 19.0 Å². The summed E-state index contributed by atoms with van der Waals surface area (Å²) in [6.45, 7) is 6.56. The zero-order valence-corrected chi connectivity index (χ0v) is 14.3. The number of nitrogens with one attached hydrogen (secondary N) is 1. The molecule has 0 aromatic carbocycles. The van der Waals surface area contributed by atoms with E-state index in [2.05, 4.69) is 5.32 Å². The van der Waals surface area contributed by atoms with Gasteiger partial charge in [-0.2, -0.15) is 0 Å². The van der Waals surface area contributed by atoms with Crippen molar-refractivity contribution in [2.45, 2.75) is 51.7 Å². The van der Waals surface area contributed by atoms with E-state index in [-0.39, 0.29) is 24.1 Å². The molecule has 21 heavy (non-hydrogen) atoms. The molecule has 1 N–H and O–H groups in total. The normalized spacial score (nSPS) is 19.0. The Hall–Kier alpha value is -0.530. The van der Waals surface area contributed by atoms with Crippen molar-refractivity contribution in [2.24, 2.45) is 5.92 Å². The molecular weight excluding hydrogens is 318 g/mol. The van der Waals surface area contributed by atoms with Crippen molar-refractivity contribution in [1.29, 1.82) is 0 Å². The van der Waals surface area contributed by atoms with E-state index < -0.39 is 20.7 Å². The van der Waals surface area contributed by atoms with Gasteiger partial charge >= 0.3 is 6.09 Å². The average Bonchev–Trinajstić information content (AvgIpc) is 2.32. The summed E-state index contributed by atoms with van der Waals surface area (Å²) in [5, 5.41) is 2.78. The molecule has 1 atom stereocenters. The minimum Gasteiger partial charge on any atom is -0.444 e. The fourth-order valence-electron chi connectivity index (χ4n) is 2.27. The van der Waals surface area contributed by atoms with E-state index >= 15 is 0 Å². The third-order valence-corrected chi connectivity index (χ3v) is 4.40. The number of carbonyl (C=O) groups excluding carboxylic acids is 1. The molecule has 1 unspecified atom stereocenters. The molecule has 0 spiro atoms. The Morgan fingerprint density at radius 3 is 2.43 bits per heavy atom. The van der Waals surface area contributed by atoms with Crippen LogP contribution in [0.15, 0.2) is 0 Å². The van der Waals surface area contributed by atoms with Crippen LogP contribution >= 0.6 is 10.7 Å². The van der Waals surface area contributed by atoms with Crippen LogP contribution in [0.2, 0.25) is 0 Å². The first kappa shape index (κ1) is 18.5. The van der Waals surface area contributed by atoms with Crippen molar-refractivity contribution in [3.63, 3.8) is 0 Å². The Labute approximate surface area is 130 Å². The summed E-state index contributed by atoms with van der Waals surface area (Å²) in [5.41, 5.74) is -0.594.